The molecule has 5 nitrogen and oxygen atoms in total. The van der Waals surface area contributed by atoms with Gasteiger partial charge in [0.1, 0.15) is 5.41 Å². The lowest BCUT2D eigenvalue weighted by Crippen LogP contribution is -2.43. The number of nitrogens with one attached hydrogen (secondary N) is 1. The van der Waals surface area contributed by atoms with Crippen molar-refractivity contribution in [3.63, 3.8) is 0 Å². The zero-order valence-corrected chi connectivity index (χ0v) is 10.2. The van der Waals surface area contributed by atoms with Gasteiger partial charge in [0, 0.05) is 6.54 Å². The Morgan fingerprint density at radius 2 is 2.12 bits per heavy atom. The average molecular weight is 227 g/mol. The van der Waals surface area contributed by atoms with Crippen molar-refractivity contribution in [3.8, 4) is 0 Å². The van der Waals surface area contributed by atoms with E-state index in [1.54, 1.807) is 0 Å². The first kappa shape index (κ1) is 12.8. The Morgan fingerprint density at radius 3 is 2.50 bits per heavy atom. The molecule has 0 aliphatic heterocycles. The van der Waals surface area contributed by atoms with Gasteiger partial charge in [-0.3, -0.25) is 4.79 Å². The molecule has 0 unspecified atom stereocenters. The highest BCUT2D eigenvalue weighted by Crippen LogP contribution is 2.46. The summed E-state index contributed by atoms with van der Waals surface area (Å²) >= 11 is 0. The molecule has 0 bridgehead atoms. The van der Waals surface area contributed by atoms with E-state index in [9.17, 15) is 4.79 Å². The number of carbonyl (C=O) groups is 1. The third-order valence-electron chi connectivity index (χ3n) is 3.47. The molecule has 1 aliphatic carbocycles. The number of amidine groups is 1. The second-order valence-electron chi connectivity index (χ2n) is 5.27. The molecule has 0 aromatic heterocycles. The van der Waals surface area contributed by atoms with Crippen LogP contribution in [0.1, 0.15) is 40.0 Å². The molecule has 16 heavy (non-hydrogen) atoms. The van der Waals surface area contributed by atoms with Crippen LogP contribution in [0.15, 0.2) is 5.16 Å². The topological polar surface area (TPSA) is 87.7 Å². The highest BCUT2D eigenvalue weighted by molar-refractivity contribution is 6.09. The van der Waals surface area contributed by atoms with Crippen molar-refractivity contribution < 1.29 is 10.0 Å². The Kier molecular flexibility index (Phi) is 3.45. The van der Waals surface area contributed by atoms with Crippen molar-refractivity contribution in [1.29, 1.82) is 0 Å². The molecule has 1 rings (SSSR count). The molecule has 0 atom stereocenters. The maximum Gasteiger partial charge on any atom is 0.233 e. The molecule has 1 aliphatic rings. The number of amides is 1. The van der Waals surface area contributed by atoms with Gasteiger partial charge in [-0.2, -0.15) is 0 Å². The molecule has 92 valence electrons. The molecule has 0 saturated heterocycles. The molecule has 5 heteroatoms. The van der Waals surface area contributed by atoms with E-state index < -0.39 is 5.41 Å². The van der Waals surface area contributed by atoms with Gasteiger partial charge >= 0.3 is 0 Å². The zero-order chi connectivity index (χ0) is 12.4. The number of rotatable bonds is 5. The molecule has 0 spiro atoms. The largest absolute Gasteiger partial charge is 0.409 e. The molecule has 0 heterocycles. The fourth-order valence-corrected chi connectivity index (χ4v) is 1.43. The minimum absolute atomic E-state index is 0.0271. The molecular formula is C11H21N3O2. The molecular weight excluding hydrogens is 206 g/mol. The summed E-state index contributed by atoms with van der Waals surface area (Å²) in [6.07, 6.45) is 2.33. The van der Waals surface area contributed by atoms with E-state index >= 15 is 0 Å². The fourth-order valence-electron chi connectivity index (χ4n) is 1.43. The predicted octanol–water partition coefficient (Wildman–Crippen LogP) is 1.07. The molecule has 1 saturated carbocycles. The third-order valence-corrected chi connectivity index (χ3v) is 3.47. The number of carbonyl (C=O) groups excluding carboxylic acids is 1. The number of nitrogens with two attached hydrogens (primary N) is 1. The smallest absolute Gasteiger partial charge is 0.233 e. The van der Waals surface area contributed by atoms with Crippen molar-refractivity contribution >= 4 is 11.7 Å². The van der Waals surface area contributed by atoms with E-state index in [1.165, 1.54) is 0 Å². The second-order valence-corrected chi connectivity index (χ2v) is 5.27. The first-order valence-corrected chi connectivity index (χ1v) is 5.64. The first-order valence-electron chi connectivity index (χ1n) is 5.64. The summed E-state index contributed by atoms with van der Waals surface area (Å²) in [5.41, 5.74) is 4.87. The van der Waals surface area contributed by atoms with Gasteiger partial charge in [-0.15, -0.1) is 0 Å². The molecule has 1 fully saturated rings. The van der Waals surface area contributed by atoms with Crippen molar-refractivity contribution in [3.05, 3.63) is 0 Å². The predicted molar refractivity (Wildman–Crippen MR) is 62.2 cm³/mol. The highest BCUT2D eigenvalue weighted by Gasteiger charge is 2.54. The number of hydrogen-bond acceptors (Lipinski definition) is 3. The Bertz CT molecular complexity index is 306. The quantitative estimate of drug-likeness (QED) is 0.284. The van der Waals surface area contributed by atoms with Crippen LogP contribution in [-0.2, 0) is 4.79 Å². The maximum atomic E-state index is 11.9. The summed E-state index contributed by atoms with van der Waals surface area (Å²) < 4.78 is 0. The summed E-state index contributed by atoms with van der Waals surface area (Å²) in [6, 6.07) is 0. The van der Waals surface area contributed by atoms with Gasteiger partial charge in [0.15, 0.2) is 5.84 Å². The Balaban J connectivity index is 2.54. The summed E-state index contributed by atoms with van der Waals surface area (Å²) in [5, 5.41) is 14.4. The number of oxime groups is 1. The Morgan fingerprint density at radius 1 is 1.56 bits per heavy atom. The Labute approximate surface area is 96.1 Å². The normalized spacial score (nSPS) is 19.3. The van der Waals surface area contributed by atoms with Crippen LogP contribution in [0.5, 0.6) is 0 Å². The van der Waals surface area contributed by atoms with E-state index in [1.807, 2.05) is 0 Å². The van der Waals surface area contributed by atoms with E-state index in [4.69, 9.17) is 10.9 Å². The van der Waals surface area contributed by atoms with Gasteiger partial charge in [0.05, 0.1) is 0 Å². The van der Waals surface area contributed by atoms with Crippen molar-refractivity contribution in [2.45, 2.75) is 40.0 Å². The van der Waals surface area contributed by atoms with Crippen molar-refractivity contribution in [2.75, 3.05) is 6.54 Å². The number of nitrogens with zero attached hydrogens (tertiary/aromatic N) is 1. The SMILES string of the molecule is CCC(C)(C)CNC(=O)C1(C(N)=NO)CC1. The van der Waals surface area contributed by atoms with Crippen LogP contribution in [0.25, 0.3) is 0 Å². The fraction of sp³-hybridized carbons (Fsp3) is 0.818. The number of hydrogen-bond donors (Lipinski definition) is 3. The van der Waals surface area contributed by atoms with Crippen LogP contribution < -0.4 is 11.1 Å². The third kappa shape index (κ3) is 2.46. The second kappa shape index (κ2) is 4.31. The summed E-state index contributed by atoms with van der Waals surface area (Å²) in [6.45, 7) is 6.89. The van der Waals surface area contributed by atoms with Crippen molar-refractivity contribution in [2.24, 2.45) is 21.7 Å². The van der Waals surface area contributed by atoms with Crippen LogP contribution >= 0.6 is 0 Å². The van der Waals surface area contributed by atoms with Crippen LogP contribution in [0.3, 0.4) is 0 Å². The van der Waals surface area contributed by atoms with Crippen LogP contribution in [0, 0.1) is 10.8 Å². The van der Waals surface area contributed by atoms with E-state index in [0.29, 0.717) is 19.4 Å². The van der Waals surface area contributed by atoms with Crippen LogP contribution in [0.2, 0.25) is 0 Å². The van der Waals surface area contributed by atoms with Gasteiger partial charge in [0.25, 0.3) is 0 Å². The van der Waals surface area contributed by atoms with Gasteiger partial charge in [-0.25, -0.2) is 0 Å². The molecule has 4 N–H and O–H groups in total. The molecule has 0 aromatic carbocycles. The maximum absolute atomic E-state index is 11.9. The van der Waals surface area contributed by atoms with Gasteiger partial charge < -0.3 is 16.3 Å². The van der Waals surface area contributed by atoms with E-state index in [0.717, 1.165) is 6.42 Å². The summed E-state index contributed by atoms with van der Waals surface area (Å²) in [5.74, 6) is -0.0939. The zero-order valence-electron chi connectivity index (χ0n) is 10.2. The van der Waals surface area contributed by atoms with Gasteiger partial charge in [-0.1, -0.05) is 25.9 Å². The lowest BCUT2D eigenvalue weighted by molar-refractivity contribution is -0.124. The molecule has 0 radical (unpaired) electrons. The average Bonchev–Trinajstić information content (AvgIpc) is 3.06. The van der Waals surface area contributed by atoms with E-state index in [-0.39, 0.29) is 17.2 Å². The van der Waals surface area contributed by atoms with Crippen LogP contribution in [-0.4, -0.2) is 23.5 Å². The highest BCUT2D eigenvalue weighted by atomic mass is 16.4. The van der Waals surface area contributed by atoms with Crippen LogP contribution in [0.4, 0.5) is 0 Å². The van der Waals surface area contributed by atoms with Gasteiger partial charge in [-0.05, 0) is 24.7 Å². The van der Waals surface area contributed by atoms with Gasteiger partial charge in [0.2, 0.25) is 5.91 Å². The minimum atomic E-state index is -0.738. The summed E-state index contributed by atoms with van der Waals surface area (Å²) in [4.78, 5) is 11.9. The summed E-state index contributed by atoms with van der Waals surface area (Å²) in [7, 11) is 0. The lowest BCUT2D eigenvalue weighted by atomic mass is 9.90. The lowest BCUT2D eigenvalue weighted by Gasteiger charge is -2.24. The van der Waals surface area contributed by atoms with E-state index in [2.05, 4.69) is 31.2 Å². The molecule has 1 amide bonds. The monoisotopic (exact) mass is 227 g/mol. The molecule has 0 aromatic rings. The van der Waals surface area contributed by atoms with Crippen molar-refractivity contribution in [1.82, 2.24) is 5.32 Å². The standard InChI is InChI=1S/C11H21N3O2/c1-4-10(2,3)7-13-9(15)11(5-6-11)8(12)14-16/h16H,4-7H2,1-3H3,(H2,12,14)(H,13,15). The minimum Gasteiger partial charge on any atom is -0.409 e. The first-order chi connectivity index (χ1) is 7.38. The Hall–Kier alpha value is -1.26.